The first-order valence-corrected chi connectivity index (χ1v) is 6.09. The number of hydrogen-bond donors (Lipinski definition) is 1. The average Bonchev–Trinajstić information content (AvgIpc) is 2.86. The lowest BCUT2D eigenvalue weighted by molar-refractivity contribution is -0.385. The average molecular weight is 279 g/mol. The molecular weight excluding hydrogens is 265 g/mol. The Morgan fingerprint density at radius 1 is 1.55 bits per heavy atom. The molecule has 20 heavy (non-hydrogen) atoms. The van der Waals surface area contributed by atoms with E-state index in [9.17, 15) is 14.5 Å². The molecule has 0 amide bonds. The summed E-state index contributed by atoms with van der Waals surface area (Å²) in [6.45, 7) is 1.98. The van der Waals surface area contributed by atoms with E-state index in [1.807, 2.05) is 6.92 Å². The molecule has 1 heterocycles. The maximum Gasteiger partial charge on any atom is 0.274 e. The van der Waals surface area contributed by atoms with Gasteiger partial charge >= 0.3 is 0 Å². The second-order valence-electron chi connectivity index (χ2n) is 4.39. The summed E-state index contributed by atoms with van der Waals surface area (Å²) in [7, 11) is 0. The predicted molar refractivity (Wildman–Crippen MR) is 69.4 cm³/mol. The van der Waals surface area contributed by atoms with Crippen molar-refractivity contribution in [1.29, 1.82) is 0 Å². The van der Waals surface area contributed by atoms with Gasteiger partial charge in [0.2, 0.25) is 0 Å². The van der Waals surface area contributed by atoms with E-state index in [2.05, 4.69) is 10.3 Å². The summed E-state index contributed by atoms with van der Waals surface area (Å²) < 4.78 is 14.6. The van der Waals surface area contributed by atoms with Crippen LogP contribution in [0.4, 0.5) is 10.1 Å². The second-order valence-corrected chi connectivity index (χ2v) is 4.39. The zero-order valence-electron chi connectivity index (χ0n) is 10.9. The number of hydrogen-bond acceptors (Lipinski definition) is 5. The van der Waals surface area contributed by atoms with Gasteiger partial charge in [-0.15, -0.1) is 5.10 Å². The Labute approximate surface area is 114 Å². The van der Waals surface area contributed by atoms with Crippen molar-refractivity contribution in [2.24, 2.45) is 5.73 Å². The fourth-order valence-corrected chi connectivity index (χ4v) is 1.80. The lowest BCUT2D eigenvalue weighted by atomic mass is 10.1. The van der Waals surface area contributed by atoms with Crippen LogP contribution in [0.3, 0.4) is 0 Å². The van der Waals surface area contributed by atoms with Gasteiger partial charge in [0.25, 0.3) is 5.69 Å². The normalized spacial score (nSPS) is 12.3. The van der Waals surface area contributed by atoms with Crippen LogP contribution < -0.4 is 5.73 Å². The van der Waals surface area contributed by atoms with E-state index in [4.69, 9.17) is 5.73 Å². The van der Waals surface area contributed by atoms with Gasteiger partial charge in [-0.2, -0.15) is 0 Å². The van der Waals surface area contributed by atoms with E-state index in [0.717, 1.165) is 18.2 Å². The highest BCUT2D eigenvalue weighted by Crippen LogP contribution is 2.20. The van der Waals surface area contributed by atoms with Crippen molar-refractivity contribution in [3.8, 4) is 0 Å². The Kier molecular flexibility index (Phi) is 4.04. The Hall–Kier alpha value is -2.35. The molecule has 0 fully saturated rings. The first-order valence-electron chi connectivity index (χ1n) is 6.09. The number of nitrogens with two attached hydrogens (primary N) is 1. The summed E-state index contributed by atoms with van der Waals surface area (Å²) in [6, 6.07) is 3.09. The van der Waals surface area contributed by atoms with Crippen molar-refractivity contribution >= 4 is 5.69 Å². The molecule has 0 aliphatic rings. The van der Waals surface area contributed by atoms with E-state index in [1.54, 1.807) is 6.20 Å². The van der Waals surface area contributed by atoms with Gasteiger partial charge in [0.05, 0.1) is 35.0 Å². The third kappa shape index (κ3) is 2.97. The van der Waals surface area contributed by atoms with Gasteiger partial charge in [-0.3, -0.25) is 10.1 Å². The summed E-state index contributed by atoms with van der Waals surface area (Å²) in [6.07, 6.45) is 2.32. The highest BCUT2D eigenvalue weighted by atomic mass is 19.1. The number of benzene rings is 1. The third-order valence-electron chi connectivity index (χ3n) is 2.95. The van der Waals surface area contributed by atoms with Gasteiger partial charge in [-0.05, 0) is 18.6 Å². The van der Waals surface area contributed by atoms with Crippen molar-refractivity contribution in [3.05, 3.63) is 51.6 Å². The van der Waals surface area contributed by atoms with Crippen molar-refractivity contribution in [2.75, 3.05) is 0 Å². The molecule has 0 bridgehead atoms. The molecule has 1 aromatic heterocycles. The molecule has 0 spiro atoms. The largest absolute Gasteiger partial charge is 0.323 e. The van der Waals surface area contributed by atoms with Gasteiger partial charge < -0.3 is 5.73 Å². The van der Waals surface area contributed by atoms with Crippen LogP contribution in [0.2, 0.25) is 0 Å². The highest BCUT2D eigenvalue weighted by Gasteiger charge is 2.16. The summed E-state index contributed by atoms with van der Waals surface area (Å²) in [5.41, 5.74) is 6.51. The van der Waals surface area contributed by atoms with Crippen LogP contribution in [0, 0.1) is 15.9 Å². The summed E-state index contributed by atoms with van der Waals surface area (Å²) >= 11 is 0. The molecule has 2 rings (SSSR count). The van der Waals surface area contributed by atoms with Crippen LogP contribution >= 0.6 is 0 Å². The molecule has 0 saturated heterocycles. The molecule has 7 nitrogen and oxygen atoms in total. The molecule has 0 radical (unpaired) electrons. The molecular formula is C12H14FN5O2. The Morgan fingerprint density at radius 3 is 2.95 bits per heavy atom. The number of aromatic nitrogens is 3. The zero-order chi connectivity index (χ0) is 14.7. The second kappa shape index (κ2) is 5.74. The molecule has 1 atom stereocenters. The standard InChI is InChI=1S/C12H14FN5O2/c1-2-10(14)11-7-17(16-15-11)6-8-5-9(13)3-4-12(8)18(19)20/h3-5,7,10H,2,6,14H2,1H3. The van der Waals surface area contributed by atoms with Crippen molar-refractivity contribution in [1.82, 2.24) is 15.0 Å². The zero-order valence-corrected chi connectivity index (χ0v) is 10.9. The molecule has 0 saturated carbocycles. The molecule has 106 valence electrons. The van der Waals surface area contributed by atoms with Crippen LogP contribution in [0.25, 0.3) is 0 Å². The predicted octanol–water partition coefficient (Wildman–Crippen LogP) is 1.78. The van der Waals surface area contributed by atoms with Crippen LogP contribution in [0.15, 0.2) is 24.4 Å². The quantitative estimate of drug-likeness (QED) is 0.664. The van der Waals surface area contributed by atoms with Gasteiger partial charge in [0, 0.05) is 6.07 Å². The molecule has 8 heteroatoms. The van der Waals surface area contributed by atoms with Crippen LogP contribution in [0.1, 0.15) is 30.6 Å². The molecule has 1 unspecified atom stereocenters. The maximum absolute atomic E-state index is 13.2. The molecule has 1 aromatic carbocycles. The first kappa shape index (κ1) is 14.1. The first-order chi connectivity index (χ1) is 9.51. The van der Waals surface area contributed by atoms with Gasteiger partial charge in [-0.25, -0.2) is 9.07 Å². The van der Waals surface area contributed by atoms with Crippen LogP contribution in [-0.4, -0.2) is 19.9 Å². The van der Waals surface area contributed by atoms with Crippen molar-refractivity contribution in [2.45, 2.75) is 25.9 Å². The van der Waals surface area contributed by atoms with Gasteiger partial charge in [0.1, 0.15) is 5.82 Å². The molecule has 2 N–H and O–H groups in total. The number of nitrogens with zero attached hydrogens (tertiary/aromatic N) is 4. The lowest BCUT2D eigenvalue weighted by Crippen LogP contribution is -2.09. The summed E-state index contributed by atoms with van der Waals surface area (Å²) in [4.78, 5) is 10.3. The van der Waals surface area contributed by atoms with Crippen LogP contribution in [-0.2, 0) is 6.54 Å². The molecule has 2 aromatic rings. The van der Waals surface area contributed by atoms with Gasteiger partial charge in [0.15, 0.2) is 0 Å². The van der Waals surface area contributed by atoms with E-state index < -0.39 is 10.7 Å². The van der Waals surface area contributed by atoms with E-state index in [1.165, 1.54) is 4.68 Å². The number of halogens is 1. The van der Waals surface area contributed by atoms with Crippen LogP contribution in [0.5, 0.6) is 0 Å². The summed E-state index contributed by atoms with van der Waals surface area (Å²) in [5.74, 6) is -0.531. The maximum atomic E-state index is 13.2. The van der Waals surface area contributed by atoms with E-state index in [-0.39, 0.29) is 23.8 Å². The van der Waals surface area contributed by atoms with E-state index in [0.29, 0.717) is 12.1 Å². The SMILES string of the molecule is CCC(N)c1cn(Cc2cc(F)ccc2[N+](=O)[O-])nn1. The fraction of sp³-hybridized carbons (Fsp3) is 0.333. The minimum atomic E-state index is -0.551. The van der Waals surface area contributed by atoms with Gasteiger partial charge in [-0.1, -0.05) is 12.1 Å². The van der Waals surface area contributed by atoms with Crippen molar-refractivity contribution in [3.63, 3.8) is 0 Å². The number of rotatable bonds is 5. The number of nitro benzene ring substituents is 1. The summed E-state index contributed by atoms with van der Waals surface area (Å²) in [5, 5.41) is 18.7. The topological polar surface area (TPSA) is 99.9 Å². The highest BCUT2D eigenvalue weighted by molar-refractivity contribution is 5.40. The Balaban J connectivity index is 2.27. The minimum absolute atomic E-state index is 0.0670. The lowest BCUT2D eigenvalue weighted by Gasteiger charge is -2.04. The van der Waals surface area contributed by atoms with Crippen molar-refractivity contribution < 1.29 is 9.31 Å². The molecule has 0 aliphatic carbocycles. The Morgan fingerprint density at radius 2 is 2.30 bits per heavy atom. The monoisotopic (exact) mass is 279 g/mol. The minimum Gasteiger partial charge on any atom is -0.323 e. The smallest absolute Gasteiger partial charge is 0.274 e. The third-order valence-corrected chi connectivity index (χ3v) is 2.95. The molecule has 0 aliphatic heterocycles. The van der Waals surface area contributed by atoms with E-state index >= 15 is 0 Å². The number of nitro groups is 1. The fourth-order valence-electron chi connectivity index (χ4n) is 1.80. The Bertz CT molecular complexity index is 628.